The van der Waals surface area contributed by atoms with E-state index in [0.717, 1.165) is 25.7 Å². The van der Waals surface area contributed by atoms with Crippen LogP contribution in [-0.2, 0) is 6.61 Å². The van der Waals surface area contributed by atoms with Crippen LogP contribution in [0, 0.1) is 0 Å². The minimum Gasteiger partial charge on any atom is -0.486 e. The number of benzene rings is 1. The molecule has 0 bridgehead atoms. The zero-order chi connectivity index (χ0) is 21.1. The van der Waals surface area contributed by atoms with Gasteiger partial charge in [-0.25, -0.2) is 4.98 Å². The highest BCUT2D eigenvalue weighted by Crippen LogP contribution is 2.24. The number of nitrogens with zero attached hydrogens (tertiary/aromatic N) is 2. The molecule has 1 fully saturated rings. The number of fused-ring (bicyclic) bond motifs is 1. The average Bonchev–Trinajstić information content (AvgIpc) is 2.75. The lowest BCUT2D eigenvalue weighted by Crippen LogP contribution is -2.40. The van der Waals surface area contributed by atoms with Crippen LogP contribution < -0.4 is 21.3 Å². The van der Waals surface area contributed by atoms with Crippen molar-refractivity contribution in [3.05, 3.63) is 63.4 Å². The number of nitrogens with two attached hydrogens (primary N) is 1. The van der Waals surface area contributed by atoms with Gasteiger partial charge in [-0.15, -0.1) is 0 Å². The van der Waals surface area contributed by atoms with Gasteiger partial charge in [0.1, 0.15) is 18.2 Å². The number of amides is 1. The number of hydrogen-bond acceptors (Lipinski definition) is 6. The Balaban J connectivity index is 1.45. The highest BCUT2D eigenvalue weighted by molar-refractivity contribution is 6.33. The molecule has 0 unspecified atom stereocenters. The Labute approximate surface area is 177 Å². The Bertz CT molecular complexity index is 1130. The van der Waals surface area contributed by atoms with E-state index in [1.54, 1.807) is 24.3 Å². The summed E-state index contributed by atoms with van der Waals surface area (Å²) >= 11 is 6.23. The van der Waals surface area contributed by atoms with Crippen molar-refractivity contribution in [2.24, 2.45) is 5.73 Å². The van der Waals surface area contributed by atoms with Crippen molar-refractivity contribution in [2.75, 3.05) is 0 Å². The monoisotopic (exact) mass is 427 g/mol. The Morgan fingerprint density at radius 1 is 1.27 bits per heavy atom. The number of nitrogens with one attached hydrogen (secondary N) is 2. The zero-order valence-electron chi connectivity index (χ0n) is 16.2. The normalized spacial score (nSPS) is 18.9. The van der Waals surface area contributed by atoms with Crippen LogP contribution in [0.2, 0.25) is 5.02 Å². The van der Waals surface area contributed by atoms with Gasteiger partial charge in [0, 0.05) is 18.3 Å². The summed E-state index contributed by atoms with van der Waals surface area (Å²) in [6.07, 6.45) is 6.57. The topological polar surface area (TPSA) is 123 Å². The number of aromatic nitrogens is 3. The standard InChI is InChI=1S/C21H22ClN5O3/c22-17-6-5-14(9-16(17)21(29)25-13-3-1-12(23)2-4-13)30-11-19-26-18-10-24-8-7-15(18)20(28)27-19/h5-10,12-13H,1-4,11,23H2,(H,25,29)(H,26,27,28)/t12-,13-. The third kappa shape index (κ3) is 4.60. The number of carbonyl (C=O) groups is 1. The van der Waals surface area contributed by atoms with Gasteiger partial charge in [0.2, 0.25) is 0 Å². The Morgan fingerprint density at radius 3 is 2.87 bits per heavy atom. The van der Waals surface area contributed by atoms with E-state index in [1.807, 2.05) is 0 Å². The average molecular weight is 428 g/mol. The number of hydrogen-bond donors (Lipinski definition) is 3. The van der Waals surface area contributed by atoms with E-state index < -0.39 is 0 Å². The Kier molecular flexibility index (Phi) is 5.96. The Morgan fingerprint density at radius 2 is 2.07 bits per heavy atom. The lowest BCUT2D eigenvalue weighted by atomic mass is 9.91. The third-order valence-electron chi connectivity index (χ3n) is 5.22. The number of rotatable bonds is 5. The van der Waals surface area contributed by atoms with Crippen LogP contribution in [0.4, 0.5) is 0 Å². The zero-order valence-corrected chi connectivity index (χ0v) is 17.0. The van der Waals surface area contributed by atoms with Crippen LogP contribution in [0.3, 0.4) is 0 Å². The van der Waals surface area contributed by atoms with Crippen LogP contribution >= 0.6 is 11.6 Å². The van der Waals surface area contributed by atoms with Crippen LogP contribution in [0.5, 0.6) is 5.75 Å². The molecule has 1 aliphatic rings. The predicted octanol–water partition coefficient (Wildman–Crippen LogP) is 2.55. The first kappa shape index (κ1) is 20.3. The summed E-state index contributed by atoms with van der Waals surface area (Å²) in [6, 6.07) is 6.79. The van der Waals surface area contributed by atoms with Crippen molar-refractivity contribution in [3.63, 3.8) is 0 Å². The second-order valence-corrected chi connectivity index (χ2v) is 7.83. The van der Waals surface area contributed by atoms with Gasteiger partial charge in [-0.3, -0.25) is 14.6 Å². The lowest BCUT2D eigenvalue weighted by Gasteiger charge is -2.27. The predicted molar refractivity (Wildman–Crippen MR) is 114 cm³/mol. The van der Waals surface area contributed by atoms with Gasteiger partial charge < -0.3 is 20.8 Å². The molecule has 1 aromatic carbocycles. The molecule has 9 heteroatoms. The first-order valence-electron chi connectivity index (χ1n) is 9.81. The maximum Gasteiger partial charge on any atom is 0.258 e. The van der Waals surface area contributed by atoms with Crippen LogP contribution in [-0.4, -0.2) is 32.9 Å². The molecule has 0 spiro atoms. The van der Waals surface area contributed by atoms with E-state index in [1.165, 1.54) is 12.4 Å². The molecule has 0 atom stereocenters. The molecular formula is C21H22ClN5O3. The van der Waals surface area contributed by atoms with E-state index >= 15 is 0 Å². The molecule has 0 saturated heterocycles. The van der Waals surface area contributed by atoms with E-state index in [9.17, 15) is 9.59 Å². The summed E-state index contributed by atoms with van der Waals surface area (Å²) in [6.45, 7) is 0.0310. The molecule has 1 aliphatic carbocycles. The van der Waals surface area contributed by atoms with Crippen molar-refractivity contribution in [3.8, 4) is 5.75 Å². The molecular weight excluding hydrogens is 406 g/mol. The number of H-pyrrole nitrogens is 1. The van der Waals surface area contributed by atoms with Crippen LogP contribution in [0.1, 0.15) is 41.9 Å². The van der Waals surface area contributed by atoms with Gasteiger partial charge in [-0.2, -0.15) is 0 Å². The summed E-state index contributed by atoms with van der Waals surface area (Å²) in [5, 5.41) is 3.83. The third-order valence-corrected chi connectivity index (χ3v) is 5.55. The van der Waals surface area contributed by atoms with Gasteiger partial charge >= 0.3 is 0 Å². The Hall–Kier alpha value is -2.97. The fraction of sp³-hybridized carbons (Fsp3) is 0.333. The number of carbonyl (C=O) groups excluding carboxylic acids is 1. The van der Waals surface area contributed by atoms with E-state index in [2.05, 4.69) is 20.3 Å². The van der Waals surface area contributed by atoms with Crippen molar-refractivity contribution in [1.29, 1.82) is 0 Å². The highest BCUT2D eigenvalue weighted by Gasteiger charge is 2.22. The minimum atomic E-state index is -0.260. The number of halogens is 1. The molecule has 30 heavy (non-hydrogen) atoms. The van der Waals surface area contributed by atoms with Crippen molar-refractivity contribution in [1.82, 2.24) is 20.3 Å². The van der Waals surface area contributed by atoms with E-state index in [4.69, 9.17) is 22.1 Å². The van der Waals surface area contributed by atoms with E-state index in [0.29, 0.717) is 33.1 Å². The van der Waals surface area contributed by atoms with Gasteiger partial charge in [0.15, 0.2) is 0 Å². The summed E-state index contributed by atoms with van der Waals surface area (Å²) in [4.78, 5) is 35.9. The second-order valence-electron chi connectivity index (χ2n) is 7.42. The second kappa shape index (κ2) is 8.81. The molecule has 1 saturated carbocycles. The summed E-state index contributed by atoms with van der Waals surface area (Å²) in [7, 11) is 0. The fourth-order valence-electron chi connectivity index (χ4n) is 3.55. The van der Waals surface area contributed by atoms with Crippen molar-refractivity contribution in [2.45, 2.75) is 44.4 Å². The fourth-order valence-corrected chi connectivity index (χ4v) is 3.76. The van der Waals surface area contributed by atoms with Gasteiger partial charge in [0.05, 0.1) is 27.7 Å². The molecule has 4 N–H and O–H groups in total. The first-order valence-corrected chi connectivity index (χ1v) is 10.2. The maximum absolute atomic E-state index is 12.7. The van der Waals surface area contributed by atoms with Gasteiger partial charge in [0.25, 0.3) is 11.5 Å². The molecule has 3 aromatic rings. The van der Waals surface area contributed by atoms with Gasteiger partial charge in [-0.05, 0) is 49.9 Å². The quantitative estimate of drug-likeness (QED) is 0.575. The molecule has 0 radical (unpaired) electrons. The van der Waals surface area contributed by atoms with Crippen LogP contribution in [0.25, 0.3) is 10.9 Å². The largest absolute Gasteiger partial charge is 0.486 e. The van der Waals surface area contributed by atoms with Gasteiger partial charge in [-0.1, -0.05) is 11.6 Å². The molecule has 8 nitrogen and oxygen atoms in total. The molecule has 0 aliphatic heterocycles. The summed E-state index contributed by atoms with van der Waals surface area (Å²) < 4.78 is 5.74. The molecule has 2 heterocycles. The maximum atomic E-state index is 12.7. The molecule has 156 valence electrons. The number of ether oxygens (including phenoxy) is 1. The molecule has 1 amide bonds. The summed E-state index contributed by atoms with van der Waals surface area (Å²) in [5.74, 6) is 0.568. The highest BCUT2D eigenvalue weighted by atomic mass is 35.5. The SMILES string of the molecule is N[C@H]1CC[C@H](NC(=O)c2cc(OCc3nc4cnccc4c(=O)[nH]3)ccc2Cl)CC1. The number of pyridine rings is 1. The minimum absolute atomic E-state index is 0.0310. The van der Waals surface area contributed by atoms with Crippen molar-refractivity contribution < 1.29 is 9.53 Å². The number of aromatic amines is 1. The van der Waals surface area contributed by atoms with Crippen molar-refractivity contribution >= 4 is 28.4 Å². The summed E-state index contributed by atoms with van der Waals surface area (Å²) in [5.41, 5.74) is 6.49. The smallest absolute Gasteiger partial charge is 0.258 e. The van der Waals surface area contributed by atoms with Crippen LogP contribution in [0.15, 0.2) is 41.5 Å². The van der Waals surface area contributed by atoms with E-state index in [-0.39, 0.29) is 30.2 Å². The first-order chi connectivity index (χ1) is 14.5. The lowest BCUT2D eigenvalue weighted by molar-refractivity contribution is 0.0925. The molecule has 4 rings (SSSR count). The molecule has 2 aromatic heterocycles.